The first-order valence-electron chi connectivity index (χ1n) is 7.74. The van der Waals surface area contributed by atoms with E-state index in [4.69, 9.17) is 14.8 Å². The smallest absolute Gasteiger partial charge is 0.335 e. The third kappa shape index (κ3) is 5.50. The number of benzene rings is 2. The second-order valence-corrected chi connectivity index (χ2v) is 7.05. The van der Waals surface area contributed by atoms with Crippen LogP contribution in [0.2, 0.25) is 0 Å². The number of hydrogen-bond acceptors (Lipinski definition) is 5. The quantitative estimate of drug-likeness (QED) is 0.562. The summed E-state index contributed by atoms with van der Waals surface area (Å²) in [6.45, 7) is 1.65. The lowest BCUT2D eigenvalue weighted by atomic mass is 10.1. The van der Waals surface area contributed by atoms with E-state index in [1.165, 1.54) is 23.0 Å². The number of carbonyl (C=O) groups is 2. The Balaban J connectivity index is 0.000000203. The summed E-state index contributed by atoms with van der Waals surface area (Å²) in [5.41, 5.74) is 1.35. The third-order valence-electron chi connectivity index (χ3n) is 3.45. The fourth-order valence-corrected chi connectivity index (χ4v) is 2.60. The van der Waals surface area contributed by atoms with Crippen LogP contribution in [0.3, 0.4) is 0 Å². The van der Waals surface area contributed by atoms with Crippen LogP contribution in [0, 0.1) is 6.92 Å². The van der Waals surface area contributed by atoms with Crippen molar-refractivity contribution in [2.75, 3.05) is 0 Å². The molecule has 0 aliphatic carbocycles. The lowest BCUT2D eigenvalue weighted by molar-refractivity contribution is 0.0696. The van der Waals surface area contributed by atoms with Crippen molar-refractivity contribution in [2.45, 2.75) is 11.8 Å². The number of aromatic nitrogens is 2. The molecule has 0 spiro atoms. The largest absolute Gasteiger partial charge is 0.478 e. The Labute approximate surface area is 160 Å². The molecule has 146 valence electrons. The Kier molecular flexibility index (Phi) is 6.29. The van der Waals surface area contributed by atoms with E-state index >= 15 is 0 Å². The highest BCUT2D eigenvalue weighted by Gasteiger charge is 2.12. The van der Waals surface area contributed by atoms with E-state index in [-0.39, 0.29) is 16.0 Å². The molecule has 3 N–H and O–H groups in total. The number of carboxylic acids is 2. The van der Waals surface area contributed by atoms with Gasteiger partial charge in [-0.3, -0.25) is 4.55 Å². The van der Waals surface area contributed by atoms with E-state index in [1.807, 2.05) is 18.2 Å². The van der Waals surface area contributed by atoms with E-state index < -0.39 is 22.1 Å². The molecule has 1 heterocycles. The Morgan fingerprint density at radius 1 is 0.964 bits per heavy atom. The molecule has 0 amide bonds. The number of para-hydroxylation sites is 1. The Morgan fingerprint density at radius 3 is 1.93 bits per heavy atom. The van der Waals surface area contributed by atoms with E-state index in [2.05, 4.69) is 5.10 Å². The molecule has 0 saturated heterocycles. The van der Waals surface area contributed by atoms with Gasteiger partial charge in [-0.15, -0.1) is 0 Å². The van der Waals surface area contributed by atoms with Crippen LogP contribution in [0.4, 0.5) is 0 Å². The number of hydrogen-bond donors (Lipinski definition) is 3. The van der Waals surface area contributed by atoms with Crippen molar-refractivity contribution in [3.8, 4) is 5.69 Å². The normalized spacial score (nSPS) is 10.6. The zero-order valence-electron chi connectivity index (χ0n) is 14.6. The summed E-state index contributed by atoms with van der Waals surface area (Å²) in [4.78, 5) is 20.9. The van der Waals surface area contributed by atoms with Crippen LogP contribution < -0.4 is 0 Å². The zero-order chi connectivity index (χ0) is 20.9. The van der Waals surface area contributed by atoms with Gasteiger partial charge < -0.3 is 10.2 Å². The first-order chi connectivity index (χ1) is 13.1. The van der Waals surface area contributed by atoms with Gasteiger partial charge in [0.25, 0.3) is 10.1 Å². The van der Waals surface area contributed by atoms with Crippen molar-refractivity contribution >= 4 is 22.1 Å². The van der Waals surface area contributed by atoms with E-state index in [0.29, 0.717) is 5.56 Å². The minimum atomic E-state index is -4.17. The average Bonchev–Trinajstić information content (AvgIpc) is 3.13. The van der Waals surface area contributed by atoms with Crippen LogP contribution in [0.15, 0.2) is 65.8 Å². The topological polar surface area (TPSA) is 147 Å². The summed E-state index contributed by atoms with van der Waals surface area (Å²) in [5.74, 6) is -2.24. The molecule has 0 aliphatic rings. The van der Waals surface area contributed by atoms with Crippen molar-refractivity contribution in [1.29, 1.82) is 0 Å². The minimum absolute atomic E-state index is 0.00241. The molecular weight excluding hydrogens is 388 g/mol. The van der Waals surface area contributed by atoms with Gasteiger partial charge in [-0.1, -0.05) is 18.2 Å². The molecule has 0 aliphatic heterocycles. The Bertz CT molecular complexity index is 1070. The van der Waals surface area contributed by atoms with Crippen LogP contribution in [-0.2, 0) is 10.1 Å². The highest BCUT2D eigenvalue weighted by atomic mass is 32.2. The van der Waals surface area contributed by atoms with Crippen molar-refractivity contribution in [2.24, 2.45) is 0 Å². The maximum atomic E-state index is 10.8. The number of aromatic carboxylic acids is 2. The number of carboxylic acid groups (broad SMARTS) is 2. The molecule has 0 saturated carbocycles. The van der Waals surface area contributed by atoms with E-state index in [9.17, 15) is 18.0 Å². The van der Waals surface area contributed by atoms with Crippen LogP contribution in [0.5, 0.6) is 0 Å². The molecule has 3 aromatic rings. The molecule has 0 radical (unpaired) electrons. The van der Waals surface area contributed by atoms with E-state index in [0.717, 1.165) is 18.0 Å². The van der Waals surface area contributed by atoms with Gasteiger partial charge in [-0.2, -0.15) is 13.5 Å². The fourth-order valence-electron chi connectivity index (χ4n) is 2.19. The molecule has 9 nitrogen and oxygen atoms in total. The third-order valence-corrected chi connectivity index (χ3v) is 4.26. The van der Waals surface area contributed by atoms with Gasteiger partial charge in [0.1, 0.15) is 4.90 Å². The molecule has 0 unspecified atom stereocenters. The summed E-state index contributed by atoms with van der Waals surface area (Å²) in [7, 11) is -4.17. The lowest BCUT2D eigenvalue weighted by Crippen LogP contribution is -2.02. The van der Waals surface area contributed by atoms with Crippen LogP contribution in [-0.4, -0.2) is 44.9 Å². The molecule has 0 bridgehead atoms. The standard InChI is InChI=1S/C9H8N2O3S.C9H8O4/c12-15(13,14)9-6-10-11(7-9)8-4-2-1-3-5-8;1-5-2-6(8(10)11)4-7(3-5)9(12)13/h1-7H,(H,12,13,14);2-4H,1H3,(H,10,11)(H,12,13). The Hall–Kier alpha value is -3.50. The molecule has 3 rings (SSSR count). The SMILES string of the molecule is Cc1cc(C(=O)O)cc(C(=O)O)c1.O=S(=O)(O)c1cnn(-c2ccccc2)c1. The molecule has 0 fully saturated rings. The average molecular weight is 404 g/mol. The summed E-state index contributed by atoms with van der Waals surface area (Å²) < 4.78 is 31.7. The number of rotatable bonds is 4. The predicted molar refractivity (Wildman–Crippen MR) is 98.5 cm³/mol. The van der Waals surface area contributed by atoms with Gasteiger partial charge in [0.15, 0.2) is 0 Å². The summed E-state index contributed by atoms with van der Waals surface area (Å²) >= 11 is 0. The molecule has 10 heteroatoms. The monoisotopic (exact) mass is 404 g/mol. The van der Waals surface area contributed by atoms with Gasteiger partial charge >= 0.3 is 11.9 Å². The molecule has 1 aromatic heterocycles. The second kappa shape index (κ2) is 8.46. The van der Waals surface area contributed by atoms with Gasteiger partial charge in [-0.05, 0) is 42.8 Å². The molecule has 0 atom stereocenters. The lowest BCUT2D eigenvalue weighted by Gasteiger charge is -1.99. The highest BCUT2D eigenvalue weighted by Crippen LogP contribution is 2.11. The maximum Gasteiger partial charge on any atom is 0.335 e. The molecule has 28 heavy (non-hydrogen) atoms. The second-order valence-electron chi connectivity index (χ2n) is 5.63. The van der Waals surface area contributed by atoms with Gasteiger partial charge in [-0.25, -0.2) is 14.3 Å². The van der Waals surface area contributed by atoms with Crippen molar-refractivity contribution in [3.05, 3.63) is 77.6 Å². The van der Waals surface area contributed by atoms with Crippen LogP contribution >= 0.6 is 0 Å². The van der Waals surface area contributed by atoms with Crippen molar-refractivity contribution in [1.82, 2.24) is 9.78 Å². The summed E-state index contributed by atoms with van der Waals surface area (Å²) in [5, 5.41) is 21.1. The first-order valence-corrected chi connectivity index (χ1v) is 9.18. The van der Waals surface area contributed by atoms with Crippen molar-refractivity contribution in [3.63, 3.8) is 0 Å². The molecular formula is C18H16N2O7S. The predicted octanol–water partition coefficient (Wildman–Crippen LogP) is 2.51. The van der Waals surface area contributed by atoms with Gasteiger partial charge in [0, 0.05) is 0 Å². The first kappa shape index (κ1) is 20.8. The number of aryl methyl sites for hydroxylation is 1. The van der Waals surface area contributed by atoms with Crippen LogP contribution in [0.1, 0.15) is 26.3 Å². The summed E-state index contributed by atoms with van der Waals surface area (Å²) in [6.07, 6.45) is 2.35. The number of nitrogens with zero attached hydrogens (tertiary/aromatic N) is 2. The Morgan fingerprint density at radius 2 is 1.50 bits per heavy atom. The summed E-state index contributed by atoms with van der Waals surface area (Å²) in [6, 6.07) is 13.0. The van der Waals surface area contributed by atoms with Gasteiger partial charge in [0.05, 0.1) is 29.2 Å². The van der Waals surface area contributed by atoms with Crippen LogP contribution in [0.25, 0.3) is 5.69 Å². The van der Waals surface area contributed by atoms with Gasteiger partial charge in [0.2, 0.25) is 0 Å². The van der Waals surface area contributed by atoms with E-state index in [1.54, 1.807) is 19.1 Å². The maximum absolute atomic E-state index is 10.8. The minimum Gasteiger partial charge on any atom is -0.478 e. The highest BCUT2D eigenvalue weighted by molar-refractivity contribution is 7.85. The zero-order valence-corrected chi connectivity index (χ0v) is 15.4. The van der Waals surface area contributed by atoms with Crippen molar-refractivity contribution < 1.29 is 32.8 Å². The fraction of sp³-hybridized carbons (Fsp3) is 0.0556. The molecule has 2 aromatic carbocycles.